The number of amides is 1. The number of nitrogens with zero attached hydrogens (tertiary/aromatic N) is 2. The molecule has 0 spiro atoms. The summed E-state index contributed by atoms with van der Waals surface area (Å²) in [7, 11) is 1.67. The van der Waals surface area contributed by atoms with Crippen LogP contribution in [0.2, 0.25) is 0 Å². The first-order valence-corrected chi connectivity index (χ1v) is 12.5. The first-order valence-electron chi connectivity index (χ1n) is 12.5. The van der Waals surface area contributed by atoms with Gasteiger partial charge in [0.1, 0.15) is 23.9 Å². The van der Waals surface area contributed by atoms with Gasteiger partial charge in [-0.1, -0.05) is 6.07 Å². The lowest BCUT2D eigenvalue weighted by atomic mass is 10.1. The van der Waals surface area contributed by atoms with Crippen molar-refractivity contribution in [3.8, 4) is 17.2 Å². The van der Waals surface area contributed by atoms with Crippen LogP contribution in [0.4, 0.5) is 5.69 Å². The van der Waals surface area contributed by atoms with Gasteiger partial charge in [-0.15, -0.1) is 0 Å². The van der Waals surface area contributed by atoms with Crippen LogP contribution in [-0.2, 0) is 6.61 Å². The lowest BCUT2D eigenvalue weighted by Gasteiger charge is -2.36. The third-order valence-electron chi connectivity index (χ3n) is 6.76. The molecular weight excluding hydrogens is 452 g/mol. The van der Waals surface area contributed by atoms with Crippen LogP contribution in [0.5, 0.6) is 17.2 Å². The van der Waals surface area contributed by atoms with Crippen LogP contribution < -0.4 is 19.1 Å². The maximum atomic E-state index is 13.4. The van der Waals surface area contributed by atoms with E-state index in [9.17, 15) is 4.79 Å². The van der Waals surface area contributed by atoms with E-state index in [4.69, 9.17) is 14.2 Å². The van der Waals surface area contributed by atoms with Crippen LogP contribution in [0.3, 0.4) is 0 Å². The number of piperazine rings is 1. The van der Waals surface area contributed by atoms with Gasteiger partial charge >= 0.3 is 0 Å². The average molecular weight is 489 g/mol. The van der Waals surface area contributed by atoms with Gasteiger partial charge in [-0.3, -0.25) is 4.79 Å². The van der Waals surface area contributed by atoms with E-state index in [1.807, 2.05) is 42.2 Å². The highest BCUT2D eigenvalue weighted by Gasteiger charge is 2.23. The molecule has 0 N–H and O–H groups in total. The van der Waals surface area contributed by atoms with Crippen LogP contribution in [0.1, 0.15) is 39.5 Å². The zero-order chi connectivity index (χ0) is 25.7. The highest BCUT2D eigenvalue weighted by Crippen LogP contribution is 2.28. The Morgan fingerprint density at radius 1 is 0.861 bits per heavy atom. The van der Waals surface area contributed by atoms with E-state index in [0.717, 1.165) is 52.7 Å². The third kappa shape index (κ3) is 5.76. The smallest absolute Gasteiger partial charge is 0.253 e. The Hall–Kier alpha value is -3.67. The second-order valence-corrected chi connectivity index (χ2v) is 9.23. The van der Waals surface area contributed by atoms with Gasteiger partial charge in [-0.25, -0.2) is 0 Å². The van der Waals surface area contributed by atoms with E-state index in [1.54, 1.807) is 7.11 Å². The normalized spacial score (nSPS) is 13.5. The Morgan fingerprint density at radius 2 is 1.58 bits per heavy atom. The van der Waals surface area contributed by atoms with Gasteiger partial charge < -0.3 is 24.0 Å². The number of hydrogen-bond acceptors (Lipinski definition) is 5. The molecule has 3 aromatic rings. The van der Waals surface area contributed by atoms with Crippen molar-refractivity contribution in [2.24, 2.45) is 0 Å². The Labute approximate surface area is 214 Å². The van der Waals surface area contributed by atoms with E-state index < -0.39 is 0 Å². The minimum atomic E-state index is 0.0382. The Balaban J connectivity index is 1.45. The lowest BCUT2D eigenvalue weighted by molar-refractivity contribution is 0.0746. The molecule has 3 aromatic carbocycles. The molecular formula is C30H36N2O4. The SMILES string of the molecule is CCOc1ccc(C(=O)N2CCN(c3ccc(OC)cc3)CC2)cc1COc1cc(C)cc(C)c1C. The molecule has 1 heterocycles. The fourth-order valence-electron chi connectivity index (χ4n) is 4.57. The van der Waals surface area contributed by atoms with E-state index in [1.165, 1.54) is 5.56 Å². The van der Waals surface area contributed by atoms with Crippen molar-refractivity contribution in [1.82, 2.24) is 4.90 Å². The topological polar surface area (TPSA) is 51.2 Å². The van der Waals surface area contributed by atoms with E-state index in [0.29, 0.717) is 31.9 Å². The largest absolute Gasteiger partial charge is 0.497 e. The molecule has 0 saturated carbocycles. The van der Waals surface area contributed by atoms with Gasteiger partial charge in [-0.2, -0.15) is 0 Å². The van der Waals surface area contributed by atoms with E-state index in [2.05, 4.69) is 49.9 Å². The number of methoxy groups -OCH3 is 1. The maximum absolute atomic E-state index is 13.4. The fourth-order valence-corrected chi connectivity index (χ4v) is 4.57. The molecule has 4 rings (SSSR count). The summed E-state index contributed by atoms with van der Waals surface area (Å²) in [6.07, 6.45) is 0. The minimum Gasteiger partial charge on any atom is -0.497 e. The monoisotopic (exact) mass is 488 g/mol. The maximum Gasteiger partial charge on any atom is 0.253 e. The van der Waals surface area contributed by atoms with Crippen molar-refractivity contribution in [3.63, 3.8) is 0 Å². The van der Waals surface area contributed by atoms with Crippen LogP contribution in [0, 0.1) is 20.8 Å². The summed E-state index contributed by atoms with van der Waals surface area (Å²) in [5.41, 5.74) is 6.17. The van der Waals surface area contributed by atoms with Crippen molar-refractivity contribution < 1.29 is 19.0 Å². The van der Waals surface area contributed by atoms with Gasteiger partial charge in [-0.05, 0) is 92.9 Å². The van der Waals surface area contributed by atoms with Crippen molar-refractivity contribution in [1.29, 1.82) is 0 Å². The van der Waals surface area contributed by atoms with Crippen LogP contribution in [-0.4, -0.2) is 50.7 Å². The number of carbonyl (C=O) groups is 1. The molecule has 0 aromatic heterocycles. The van der Waals surface area contributed by atoms with Gasteiger partial charge in [0.2, 0.25) is 0 Å². The Kier molecular flexibility index (Phi) is 8.04. The predicted octanol–water partition coefficient (Wildman–Crippen LogP) is 5.56. The summed E-state index contributed by atoms with van der Waals surface area (Å²) >= 11 is 0. The summed E-state index contributed by atoms with van der Waals surface area (Å²) in [6, 6.07) is 17.9. The van der Waals surface area contributed by atoms with Crippen molar-refractivity contribution >= 4 is 11.6 Å². The Morgan fingerprint density at radius 3 is 2.25 bits per heavy atom. The molecule has 1 amide bonds. The molecule has 6 heteroatoms. The second kappa shape index (κ2) is 11.4. The molecule has 1 fully saturated rings. The number of rotatable bonds is 8. The zero-order valence-corrected chi connectivity index (χ0v) is 22.0. The lowest BCUT2D eigenvalue weighted by Crippen LogP contribution is -2.48. The summed E-state index contributed by atoms with van der Waals surface area (Å²) in [4.78, 5) is 17.6. The van der Waals surface area contributed by atoms with Gasteiger partial charge in [0.25, 0.3) is 5.91 Å². The number of ether oxygens (including phenoxy) is 3. The first-order chi connectivity index (χ1) is 17.4. The Bertz CT molecular complexity index is 1200. The number of aryl methyl sites for hydroxylation is 2. The van der Waals surface area contributed by atoms with Gasteiger partial charge in [0.05, 0.1) is 13.7 Å². The van der Waals surface area contributed by atoms with Crippen LogP contribution >= 0.6 is 0 Å². The molecule has 0 unspecified atom stereocenters. The number of hydrogen-bond donors (Lipinski definition) is 0. The van der Waals surface area contributed by atoms with Crippen molar-refractivity contribution in [3.05, 3.63) is 82.4 Å². The average Bonchev–Trinajstić information content (AvgIpc) is 2.90. The predicted molar refractivity (Wildman–Crippen MR) is 144 cm³/mol. The quantitative estimate of drug-likeness (QED) is 0.416. The molecule has 1 saturated heterocycles. The molecule has 1 aliphatic heterocycles. The highest BCUT2D eigenvalue weighted by molar-refractivity contribution is 5.94. The third-order valence-corrected chi connectivity index (χ3v) is 6.76. The van der Waals surface area contributed by atoms with Gasteiger partial charge in [0, 0.05) is 43.0 Å². The number of carbonyl (C=O) groups excluding carboxylic acids is 1. The summed E-state index contributed by atoms with van der Waals surface area (Å²) in [6.45, 7) is 12.0. The number of benzene rings is 3. The van der Waals surface area contributed by atoms with Crippen molar-refractivity contribution in [2.45, 2.75) is 34.3 Å². The molecule has 0 radical (unpaired) electrons. The summed E-state index contributed by atoms with van der Waals surface area (Å²) < 4.78 is 17.3. The van der Waals surface area contributed by atoms with Crippen LogP contribution in [0.25, 0.3) is 0 Å². The standard InChI is InChI=1S/C30H36N2O4/c1-6-35-28-12-7-24(19-25(28)20-36-29-18-21(2)17-22(3)23(29)4)30(33)32-15-13-31(14-16-32)26-8-10-27(34-5)11-9-26/h7-12,17-19H,6,13-16,20H2,1-5H3. The number of anilines is 1. The zero-order valence-electron chi connectivity index (χ0n) is 22.0. The second-order valence-electron chi connectivity index (χ2n) is 9.23. The van der Waals surface area contributed by atoms with E-state index >= 15 is 0 Å². The molecule has 0 aliphatic carbocycles. The summed E-state index contributed by atoms with van der Waals surface area (Å²) in [5, 5.41) is 0. The molecule has 1 aliphatic rings. The molecule has 6 nitrogen and oxygen atoms in total. The molecule has 36 heavy (non-hydrogen) atoms. The molecule has 0 bridgehead atoms. The molecule has 190 valence electrons. The first kappa shape index (κ1) is 25.4. The highest BCUT2D eigenvalue weighted by atomic mass is 16.5. The van der Waals surface area contributed by atoms with Crippen molar-refractivity contribution in [2.75, 3.05) is 44.8 Å². The fraction of sp³-hybridized carbons (Fsp3) is 0.367. The minimum absolute atomic E-state index is 0.0382. The van der Waals surface area contributed by atoms with E-state index in [-0.39, 0.29) is 5.91 Å². The molecule has 0 atom stereocenters. The van der Waals surface area contributed by atoms with Crippen LogP contribution in [0.15, 0.2) is 54.6 Å². The summed E-state index contributed by atoms with van der Waals surface area (Å²) in [5.74, 6) is 2.49. The van der Waals surface area contributed by atoms with Gasteiger partial charge in [0.15, 0.2) is 0 Å².